The molecule has 0 amide bonds. The van der Waals surface area contributed by atoms with Crippen LogP contribution in [-0.2, 0) is 19.9 Å². The Balaban J connectivity index is 1.55. The van der Waals surface area contributed by atoms with E-state index in [1.165, 1.54) is 11.3 Å². The third-order valence-corrected chi connectivity index (χ3v) is 5.11. The Hall–Kier alpha value is -2.90. The van der Waals surface area contributed by atoms with Crippen molar-refractivity contribution >= 4 is 11.6 Å². The van der Waals surface area contributed by atoms with Gasteiger partial charge < -0.3 is 10.6 Å². The molecule has 0 aliphatic heterocycles. The van der Waals surface area contributed by atoms with Gasteiger partial charge in [-0.05, 0) is 58.2 Å². The summed E-state index contributed by atoms with van der Waals surface area (Å²) in [6.45, 7) is 10.0. The third kappa shape index (κ3) is 5.13. The van der Waals surface area contributed by atoms with E-state index in [9.17, 15) is 0 Å². The minimum Gasteiger partial charge on any atom is -0.357 e. The highest BCUT2D eigenvalue weighted by Crippen LogP contribution is 2.14. The van der Waals surface area contributed by atoms with Crippen LogP contribution in [0.2, 0.25) is 0 Å². The van der Waals surface area contributed by atoms with Gasteiger partial charge in [0.05, 0.1) is 5.69 Å². The van der Waals surface area contributed by atoms with Crippen molar-refractivity contribution in [3.05, 3.63) is 47.2 Å². The van der Waals surface area contributed by atoms with Gasteiger partial charge in [0, 0.05) is 44.5 Å². The summed E-state index contributed by atoms with van der Waals surface area (Å²) in [5.74, 6) is 1.83. The first-order valence-electron chi connectivity index (χ1n) is 10.3. The number of pyridine rings is 1. The number of nitrogens with zero attached hydrogens (tertiary/aromatic N) is 6. The van der Waals surface area contributed by atoms with Gasteiger partial charge in [-0.1, -0.05) is 6.07 Å². The molecule has 3 aromatic rings. The number of aromatic nitrogens is 5. The lowest BCUT2D eigenvalue weighted by atomic mass is 10.1. The second kappa shape index (κ2) is 9.54. The largest absolute Gasteiger partial charge is 0.357 e. The standard InChI is InChI=1S/C21H32N8/c1-6-22-21(24-15(2)14-18-16(3)27-28(5)17(18)4)23-12-9-11-20-26-25-19-10-7-8-13-29(19)20/h7-8,10,13,15H,6,9,11-12,14H2,1-5H3,(H2,22,23,24). The molecule has 156 valence electrons. The molecule has 29 heavy (non-hydrogen) atoms. The van der Waals surface area contributed by atoms with Crippen LogP contribution in [0.1, 0.15) is 43.0 Å². The highest BCUT2D eigenvalue weighted by atomic mass is 15.3. The average molecular weight is 397 g/mol. The Morgan fingerprint density at radius 1 is 1.24 bits per heavy atom. The van der Waals surface area contributed by atoms with Gasteiger partial charge >= 0.3 is 0 Å². The van der Waals surface area contributed by atoms with Crippen LogP contribution in [0.15, 0.2) is 29.4 Å². The predicted octanol–water partition coefficient (Wildman–Crippen LogP) is 2.20. The smallest absolute Gasteiger partial charge is 0.191 e. The fraction of sp³-hybridized carbons (Fsp3) is 0.524. The molecule has 0 aromatic carbocycles. The third-order valence-electron chi connectivity index (χ3n) is 5.11. The molecule has 0 aliphatic rings. The molecule has 0 radical (unpaired) electrons. The van der Waals surface area contributed by atoms with Gasteiger partial charge in [-0.3, -0.25) is 14.1 Å². The molecule has 8 heteroatoms. The van der Waals surface area contributed by atoms with Crippen molar-refractivity contribution in [1.29, 1.82) is 0 Å². The van der Waals surface area contributed by atoms with Crippen LogP contribution in [0.4, 0.5) is 0 Å². The van der Waals surface area contributed by atoms with Crippen LogP contribution in [0.3, 0.4) is 0 Å². The SMILES string of the molecule is CCNC(=NCCCc1nnc2ccccn12)NC(C)Cc1c(C)nn(C)c1C. The fourth-order valence-electron chi connectivity index (χ4n) is 3.51. The molecule has 0 spiro atoms. The normalized spacial score (nSPS) is 13.1. The molecule has 8 nitrogen and oxygen atoms in total. The highest BCUT2D eigenvalue weighted by Gasteiger charge is 2.14. The summed E-state index contributed by atoms with van der Waals surface area (Å²) in [5, 5.41) is 19.9. The molecule has 1 atom stereocenters. The molecule has 0 saturated carbocycles. The van der Waals surface area contributed by atoms with E-state index in [-0.39, 0.29) is 6.04 Å². The van der Waals surface area contributed by atoms with Gasteiger partial charge in [-0.15, -0.1) is 10.2 Å². The van der Waals surface area contributed by atoms with Crippen molar-refractivity contribution < 1.29 is 0 Å². The minimum absolute atomic E-state index is 0.259. The first-order valence-corrected chi connectivity index (χ1v) is 10.3. The van der Waals surface area contributed by atoms with Crippen LogP contribution >= 0.6 is 0 Å². The van der Waals surface area contributed by atoms with Gasteiger partial charge in [0.25, 0.3) is 0 Å². The van der Waals surface area contributed by atoms with E-state index in [0.717, 1.165) is 55.5 Å². The minimum atomic E-state index is 0.259. The zero-order chi connectivity index (χ0) is 20.8. The van der Waals surface area contributed by atoms with Gasteiger partial charge in [0.2, 0.25) is 0 Å². The van der Waals surface area contributed by atoms with E-state index in [1.54, 1.807) is 0 Å². The van der Waals surface area contributed by atoms with Crippen LogP contribution in [-0.4, -0.2) is 49.5 Å². The zero-order valence-corrected chi connectivity index (χ0v) is 18.1. The topological polar surface area (TPSA) is 84.4 Å². The molecule has 0 fully saturated rings. The van der Waals surface area contributed by atoms with Crippen LogP contribution in [0.25, 0.3) is 5.65 Å². The summed E-state index contributed by atoms with van der Waals surface area (Å²) >= 11 is 0. The molecule has 3 heterocycles. The monoisotopic (exact) mass is 396 g/mol. The lowest BCUT2D eigenvalue weighted by Gasteiger charge is -2.18. The first kappa shape index (κ1) is 20.8. The van der Waals surface area contributed by atoms with E-state index in [1.807, 2.05) is 40.5 Å². The molecular weight excluding hydrogens is 364 g/mol. The number of fused-ring (bicyclic) bond motifs is 1. The Kier molecular flexibility index (Phi) is 6.85. The maximum Gasteiger partial charge on any atom is 0.191 e. The van der Waals surface area contributed by atoms with E-state index >= 15 is 0 Å². The number of hydrogen-bond donors (Lipinski definition) is 2. The highest BCUT2D eigenvalue weighted by molar-refractivity contribution is 5.80. The molecule has 3 rings (SSSR count). The van der Waals surface area contributed by atoms with Crippen molar-refractivity contribution in [2.45, 2.75) is 53.0 Å². The molecular formula is C21H32N8. The Bertz CT molecular complexity index is 968. The van der Waals surface area contributed by atoms with Gasteiger partial charge in [0.15, 0.2) is 11.6 Å². The predicted molar refractivity (Wildman–Crippen MR) is 116 cm³/mol. The molecule has 3 aromatic heterocycles. The number of nitrogens with one attached hydrogen (secondary N) is 2. The first-order chi connectivity index (χ1) is 14.0. The lowest BCUT2D eigenvalue weighted by Crippen LogP contribution is -2.43. The van der Waals surface area contributed by atoms with E-state index in [0.29, 0.717) is 0 Å². The Morgan fingerprint density at radius 2 is 2.07 bits per heavy atom. The maximum atomic E-state index is 4.74. The number of rotatable bonds is 8. The summed E-state index contributed by atoms with van der Waals surface area (Å²) in [6.07, 6.45) is 4.69. The van der Waals surface area contributed by atoms with Crippen molar-refractivity contribution in [1.82, 2.24) is 35.0 Å². The lowest BCUT2D eigenvalue weighted by molar-refractivity contribution is 0.634. The van der Waals surface area contributed by atoms with Crippen molar-refractivity contribution in [2.24, 2.45) is 12.0 Å². The molecule has 1 unspecified atom stereocenters. The Morgan fingerprint density at radius 3 is 2.79 bits per heavy atom. The molecule has 0 aliphatic carbocycles. The fourth-order valence-corrected chi connectivity index (χ4v) is 3.51. The quantitative estimate of drug-likeness (QED) is 0.346. The van der Waals surface area contributed by atoms with Crippen LogP contribution < -0.4 is 10.6 Å². The molecule has 0 saturated heterocycles. The van der Waals surface area contributed by atoms with E-state index in [2.05, 4.69) is 53.6 Å². The number of aliphatic imine (C=N–C) groups is 1. The van der Waals surface area contributed by atoms with Crippen LogP contribution in [0, 0.1) is 13.8 Å². The summed E-state index contributed by atoms with van der Waals surface area (Å²) in [4.78, 5) is 4.74. The Labute approximate surface area is 172 Å². The van der Waals surface area contributed by atoms with Crippen LogP contribution in [0.5, 0.6) is 0 Å². The average Bonchev–Trinajstić information content (AvgIpc) is 3.21. The second-order valence-corrected chi connectivity index (χ2v) is 7.43. The van der Waals surface area contributed by atoms with Crippen molar-refractivity contribution in [2.75, 3.05) is 13.1 Å². The number of guanidine groups is 1. The van der Waals surface area contributed by atoms with E-state index in [4.69, 9.17) is 4.99 Å². The second-order valence-electron chi connectivity index (χ2n) is 7.43. The van der Waals surface area contributed by atoms with Gasteiger partial charge in [0.1, 0.15) is 5.82 Å². The summed E-state index contributed by atoms with van der Waals surface area (Å²) in [6, 6.07) is 6.20. The summed E-state index contributed by atoms with van der Waals surface area (Å²) in [7, 11) is 1.99. The summed E-state index contributed by atoms with van der Waals surface area (Å²) in [5.41, 5.74) is 4.51. The molecule has 0 bridgehead atoms. The number of aryl methyl sites for hydroxylation is 3. The van der Waals surface area contributed by atoms with Gasteiger partial charge in [-0.25, -0.2) is 0 Å². The number of hydrogen-bond acceptors (Lipinski definition) is 4. The zero-order valence-electron chi connectivity index (χ0n) is 18.1. The van der Waals surface area contributed by atoms with Crippen molar-refractivity contribution in [3.8, 4) is 0 Å². The van der Waals surface area contributed by atoms with E-state index < -0.39 is 0 Å². The molecule has 2 N–H and O–H groups in total. The summed E-state index contributed by atoms with van der Waals surface area (Å²) < 4.78 is 3.98. The van der Waals surface area contributed by atoms with Crippen molar-refractivity contribution in [3.63, 3.8) is 0 Å². The van der Waals surface area contributed by atoms with Gasteiger partial charge in [-0.2, -0.15) is 5.10 Å². The maximum absolute atomic E-state index is 4.74.